The van der Waals surface area contributed by atoms with Gasteiger partial charge in [-0.2, -0.15) is 10.2 Å². The van der Waals surface area contributed by atoms with Gasteiger partial charge in [0.1, 0.15) is 12.3 Å². The number of carbonyl (C=O) groups excluding carboxylic acids is 1. The molecule has 0 saturated carbocycles. The largest absolute Gasteiger partial charge is 0.411 e. The van der Waals surface area contributed by atoms with Crippen LogP contribution in [0.25, 0.3) is 11.2 Å². The number of imidazole rings is 1. The lowest BCUT2D eigenvalue weighted by Crippen LogP contribution is -2.51. The van der Waals surface area contributed by atoms with Crippen LogP contribution in [0, 0.1) is 17.2 Å². The van der Waals surface area contributed by atoms with Crippen molar-refractivity contribution in [3.8, 4) is 6.07 Å². The average Bonchev–Trinajstić information content (AvgIpc) is 3.40. The molecular formula is C27H46N6O5Si2. The molecule has 2 aromatic rings. The van der Waals surface area contributed by atoms with Crippen LogP contribution in [0.2, 0.25) is 36.3 Å². The molecule has 2 N–H and O–H groups in total. The average molecular weight is 591 g/mol. The van der Waals surface area contributed by atoms with E-state index in [1.54, 1.807) is 18.4 Å². The summed E-state index contributed by atoms with van der Waals surface area (Å²) in [6, 6.07) is 2.36. The second-order valence-corrected chi connectivity index (χ2v) is 23.5. The van der Waals surface area contributed by atoms with Gasteiger partial charge in [-0.3, -0.25) is 24.5 Å². The molecule has 0 spiro atoms. The normalized spacial score (nSPS) is 21.6. The fraction of sp³-hybridized carbons (Fsp3) is 0.741. The number of aromatic amines is 1. The number of anilines is 1. The number of hydrogen-bond acceptors (Lipinski definition) is 8. The number of rotatable bonds is 8. The molecule has 3 heterocycles. The number of carbonyl (C=O) groups is 1. The molecule has 0 aromatic carbocycles. The summed E-state index contributed by atoms with van der Waals surface area (Å²) in [6.45, 7) is 25.0. The Morgan fingerprint density at radius 3 is 2.30 bits per heavy atom. The summed E-state index contributed by atoms with van der Waals surface area (Å²) in [7, 11) is -4.57. The Balaban J connectivity index is 2.04. The zero-order chi connectivity index (χ0) is 30.4. The molecule has 222 valence electrons. The van der Waals surface area contributed by atoms with Gasteiger partial charge < -0.3 is 13.6 Å². The Kier molecular flexibility index (Phi) is 8.94. The lowest BCUT2D eigenvalue weighted by atomic mass is 10.1. The summed E-state index contributed by atoms with van der Waals surface area (Å²) in [5.41, 5.74) is -0.0632. The van der Waals surface area contributed by atoms with Crippen LogP contribution in [0.15, 0.2) is 11.1 Å². The number of nitrogens with zero attached hydrogens (tertiary/aromatic N) is 4. The van der Waals surface area contributed by atoms with Gasteiger partial charge in [0.05, 0.1) is 18.5 Å². The number of fused-ring (bicyclic) bond motifs is 1. The predicted molar refractivity (Wildman–Crippen MR) is 160 cm³/mol. The molecule has 1 aliphatic heterocycles. The van der Waals surface area contributed by atoms with Crippen molar-refractivity contribution < 1.29 is 18.4 Å². The van der Waals surface area contributed by atoms with Crippen molar-refractivity contribution in [3.63, 3.8) is 0 Å². The fourth-order valence-corrected chi connectivity index (χ4v) is 6.41. The topological polar surface area (TPSA) is 144 Å². The first kappa shape index (κ1) is 32.1. The Morgan fingerprint density at radius 1 is 1.18 bits per heavy atom. The van der Waals surface area contributed by atoms with E-state index in [1.807, 2.05) is 0 Å². The molecule has 0 bridgehead atoms. The minimum atomic E-state index is -2.32. The number of aromatic nitrogens is 4. The highest BCUT2D eigenvalue weighted by Gasteiger charge is 2.50. The SMILES string of the molecule is CC(C)C(=O)Nc1nc2c(ncn2[C@H]2C[C@H](O[Si](C)(C)C(C)(C)C)[C@@H]([C@H](C#N)O[Si](C)(C)C(C)(C)C)O2)c(=O)[nH]1. The third-order valence-electron chi connectivity index (χ3n) is 8.53. The van der Waals surface area contributed by atoms with E-state index < -0.39 is 46.7 Å². The molecule has 1 aliphatic rings. The van der Waals surface area contributed by atoms with Crippen LogP contribution < -0.4 is 10.9 Å². The standard InChI is InChI=1S/C27H46N6O5Si2/c1-16(2)23(34)31-25-30-22-20(24(35)32-25)29-15-33(22)19-13-17(37-39(9,10)26(3,4)5)21(36-19)18(14-28)38-40(11,12)27(6,7)8/h15-19,21H,13H2,1-12H3,(H2,30,31,32,34,35)/t17-,18-,19+,21-/m0/s1. The van der Waals surface area contributed by atoms with Crippen LogP contribution >= 0.6 is 0 Å². The van der Waals surface area contributed by atoms with E-state index in [0.717, 1.165) is 0 Å². The van der Waals surface area contributed by atoms with Crippen molar-refractivity contribution in [1.29, 1.82) is 5.26 Å². The van der Waals surface area contributed by atoms with Gasteiger partial charge in [-0.1, -0.05) is 55.4 Å². The van der Waals surface area contributed by atoms with Crippen molar-refractivity contribution in [2.24, 2.45) is 5.92 Å². The summed E-state index contributed by atoms with van der Waals surface area (Å²) < 4.78 is 21.6. The van der Waals surface area contributed by atoms with Gasteiger partial charge in [-0.25, -0.2) is 4.98 Å². The molecule has 0 aliphatic carbocycles. The summed E-state index contributed by atoms with van der Waals surface area (Å²) in [5.74, 6) is -0.521. The number of H-pyrrole nitrogens is 1. The number of hydrogen-bond donors (Lipinski definition) is 2. The van der Waals surface area contributed by atoms with E-state index >= 15 is 0 Å². The molecule has 3 rings (SSSR count). The van der Waals surface area contributed by atoms with Crippen molar-refractivity contribution in [3.05, 3.63) is 16.7 Å². The van der Waals surface area contributed by atoms with Crippen molar-refractivity contribution in [2.45, 2.75) is 123 Å². The molecule has 40 heavy (non-hydrogen) atoms. The Morgan fingerprint density at radius 2 is 1.77 bits per heavy atom. The maximum Gasteiger partial charge on any atom is 0.280 e. The first-order valence-corrected chi connectivity index (χ1v) is 19.7. The van der Waals surface area contributed by atoms with Gasteiger partial charge in [0.2, 0.25) is 11.9 Å². The van der Waals surface area contributed by atoms with Crippen LogP contribution in [0.3, 0.4) is 0 Å². The highest BCUT2D eigenvalue weighted by molar-refractivity contribution is 6.74. The molecule has 4 atom stereocenters. The highest BCUT2D eigenvalue weighted by atomic mass is 28.4. The number of ether oxygens (including phenoxy) is 1. The molecule has 13 heteroatoms. The van der Waals surface area contributed by atoms with E-state index in [2.05, 4.69) is 94.1 Å². The summed E-state index contributed by atoms with van der Waals surface area (Å²) in [6.07, 6.45) is -0.589. The maximum atomic E-state index is 12.8. The minimum absolute atomic E-state index is 0.0396. The van der Waals surface area contributed by atoms with E-state index in [4.69, 9.17) is 13.6 Å². The Labute approximate surface area is 239 Å². The van der Waals surface area contributed by atoms with Crippen LogP contribution in [0.1, 0.15) is 68.0 Å². The Hall–Kier alpha value is -2.38. The van der Waals surface area contributed by atoms with E-state index in [9.17, 15) is 14.9 Å². The molecule has 1 saturated heterocycles. The van der Waals surface area contributed by atoms with Gasteiger partial charge in [-0.05, 0) is 36.3 Å². The molecule has 11 nitrogen and oxygen atoms in total. The first-order valence-electron chi connectivity index (χ1n) is 13.9. The van der Waals surface area contributed by atoms with Gasteiger partial charge in [-0.15, -0.1) is 0 Å². The van der Waals surface area contributed by atoms with Crippen molar-refractivity contribution in [1.82, 2.24) is 19.5 Å². The highest BCUT2D eigenvalue weighted by Crippen LogP contribution is 2.44. The summed E-state index contributed by atoms with van der Waals surface area (Å²) in [4.78, 5) is 36.4. The van der Waals surface area contributed by atoms with E-state index in [0.29, 0.717) is 6.42 Å². The van der Waals surface area contributed by atoms with E-state index in [1.165, 1.54) is 6.33 Å². The zero-order valence-corrected chi connectivity index (χ0v) is 28.0. The molecule has 0 radical (unpaired) electrons. The fourth-order valence-electron chi connectivity index (χ4n) is 3.89. The van der Waals surface area contributed by atoms with E-state index in [-0.39, 0.29) is 39.0 Å². The third kappa shape index (κ3) is 6.57. The van der Waals surface area contributed by atoms with Crippen LogP contribution in [0.5, 0.6) is 0 Å². The summed E-state index contributed by atoms with van der Waals surface area (Å²) in [5, 5.41) is 12.8. The number of nitriles is 1. The summed E-state index contributed by atoms with van der Waals surface area (Å²) >= 11 is 0. The quantitative estimate of drug-likeness (QED) is 0.394. The van der Waals surface area contributed by atoms with Crippen molar-refractivity contribution >= 4 is 39.7 Å². The molecule has 0 unspecified atom stereocenters. The smallest absolute Gasteiger partial charge is 0.280 e. The molecular weight excluding hydrogens is 545 g/mol. The van der Waals surface area contributed by atoms with Gasteiger partial charge in [0, 0.05) is 12.3 Å². The van der Waals surface area contributed by atoms with Gasteiger partial charge >= 0.3 is 0 Å². The molecule has 1 amide bonds. The van der Waals surface area contributed by atoms with Crippen LogP contribution in [-0.2, 0) is 18.4 Å². The minimum Gasteiger partial charge on any atom is -0.411 e. The number of nitrogens with one attached hydrogen (secondary N) is 2. The second kappa shape index (κ2) is 11.1. The monoisotopic (exact) mass is 590 g/mol. The molecule has 2 aromatic heterocycles. The van der Waals surface area contributed by atoms with Gasteiger partial charge in [0.25, 0.3) is 5.56 Å². The number of amides is 1. The van der Waals surface area contributed by atoms with Gasteiger partial charge in [0.15, 0.2) is 33.9 Å². The lowest BCUT2D eigenvalue weighted by molar-refractivity contribution is -0.118. The second-order valence-electron chi connectivity index (χ2n) is 14.0. The predicted octanol–water partition coefficient (Wildman–Crippen LogP) is 5.31. The maximum absolute atomic E-state index is 12.8. The molecule has 1 fully saturated rings. The lowest BCUT2D eigenvalue weighted by Gasteiger charge is -2.42. The zero-order valence-electron chi connectivity index (χ0n) is 26.0. The first-order chi connectivity index (χ1) is 18.2. The van der Waals surface area contributed by atoms with Crippen LogP contribution in [-0.4, -0.2) is 60.4 Å². The Bertz CT molecular complexity index is 1330. The van der Waals surface area contributed by atoms with Crippen LogP contribution in [0.4, 0.5) is 5.95 Å². The van der Waals surface area contributed by atoms with Crippen molar-refractivity contribution in [2.75, 3.05) is 5.32 Å². The third-order valence-corrected chi connectivity index (χ3v) is 17.5.